The second kappa shape index (κ2) is 11.8. The SMILES string of the molecule is COc1ccc(-c2csnc2-c2cc(OC)c(OC)c(OC)c2)cc1NC(=O)[C@H](N)Cc1ccc(O)cc1. The monoisotopic (exact) mass is 535 g/mol. The molecular weight excluding hydrogens is 506 g/mol. The first-order chi connectivity index (χ1) is 18.4. The van der Waals surface area contributed by atoms with Crippen LogP contribution in [0.1, 0.15) is 5.56 Å². The van der Waals surface area contributed by atoms with Gasteiger partial charge < -0.3 is 35.1 Å². The van der Waals surface area contributed by atoms with Crippen LogP contribution >= 0.6 is 11.5 Å². The Morgan fingerprint density at radius 3 is 2.18 bits per heavy atom. The minimum absolute atomic E-state index is 0.155. The van der Waals surface area contributed by atoms with E-state index in [-0.39, 0.29) is 11.7 Å². The number of methoxy groups -OCH3 is 4. The van der Waals surface area contributed by atoms with Crippen molar-refractivity contribution >= 4 is 23.1 Å². The van der Waals surface area contributed by atoms with Crippen LogP contribution in [0.2, 0.25) is 0 Å². The third kappa shape index (κ3) is 5.66. The van der Waals surface area contributed by atoms with Gasteiger partial charge in [0.2, 0.25) is 11.7 Å². The summed E-state index contributed by atoms with van der Waals surface area (Å²) in [5, 5.41) is 14.3. The molecule has 0 fully saturated rings. The van der Waals surface area contributed by atoms with Gasteiger partial charge in [0.1, 0.15) is 11.5 Å². The topological polar surface area (TPSA) is 125 Å². The van der Waals surface area contributed by atoms with Crippen LogP contribution in [-0.4, -0.2) is 49.9 Å². The van der Waals surface area contributed by atoms with E-state index in [0.717, 1.165) is 27.9 Å². The molecule has 198 valence electrons. The maximum absolute atomic E-state index is 12.9. The molecule has 1 amide bonds. The van der Waals surface area contributed by atoms with Crippen molar-refractivity contribution in [3.63, 3.8) is 0 Å². The molecule has 9 nitrogen and oxygen atoms in total. The van der Waals surface area contributed by atoms with E-state index in [2.05, 4.69) is 9.69 Å². The van der Waals surface area contributed by atoms with Gasteiger partial charge in [-0.3, -0.25) is 4.79 Å². The molecule has 38 heavy (non-hydrogen) atoms. The number of phenols is 1. The van der Waals surface area contributed by atoms with E-state index in [9.17, 15) is 9.90 Å². The summed E-state index contributed by atoms with van der Waals surface area (Å²) < 4.78 is 26.6. The number of phenolic OH excluding ortho intramolecular Hbond substituents is 1. The van der Waals surface area contributed by atoms with Crippen molar-refractivity contribution in [2.24, 2.45) is 5.73 Å². The molecule has 1 atom stereocenters. The number of aromatic nitrogens is 1. The molecule has 0 saturated heterocycles. The largest absolute Gasteiger partial charge is 0.508 e. The normalized spacial score (nSPS) is 11.5. The lowest BCUT2D eigenvalue weighted by Crippen LogP contribution is -2.37. The zero-order valence-electron chi connectivity index (χ0n) is 21.5. The van der Waals surface area contributed by atoms with Crippen molar-refractivity contribution in [3.8, 4) is 51.1 Å². The molecule has 0 saturated carbocycles. The molecule has 1 heterocycles. The molecule has 10 heteroatoms. The number of nitrogens with zero attached hydrogens (tertiary/aromatic N) is 1. The predicted molar refractivity (Wildman–Crippen MR) is 148 cm³/mol. The Balaban J connectivity index is 1.64. The van der Waals surface area contributed by atoms with E-state index < -0.39 is 6.04 Å². The number of nitrogens with two attached hydrogens (primary N) is 1. The number of hydrogen-bond acceptors (Lipinski definition) is 9. The van der Waals surface area contributed by atoms with Gasteiger partial charge >= 0.3 is 0 Å². The van der Waals surface area contributed by atoms with Crippen molar-refractivity contribution < 1.29 is 28.8 Å². The van der Waals surface area contributed by atoms with Crippen molar-refractivity contribution in [2.75, 3.05) is 33.8 Å². The highest BCUT2D eigenvalue weighted by atomic mass is 32.1. The molecule has 0 aliphatic heterocycles. The van der Waals surface area contributed by atoms with Gasteiger partial charge in [-0.15, -0.1) is 0 Å². The second-order valence-corrected chi connectivity index (χ2v) is 9.00. The molecule has 0 aliphatic carbocycles. The number of ether oxygens (including phenoxy) is 4. The van der Waals surface area contributed by atoms with Crippen LogP contribution in [0.3, 0.4) is 0 Å². The molecule has 0 spiro atoms. The van der Waals surface area contributed by atoms with Gasteiger partial charge in [-0.05, 0) is 65.5 Å². The Hall–Kier alpha value is -4.28. The molecular formula is C28H29N3O6S. The summed E-state index contributed by atoms with van der Waals surface area (Å²) in [4.78, 5) is 12.9. The average Bonchev–Trinajstić information content (AvgIpc) is 3.43. The van der Waals surface area contributed by atoms with Crippen LogP contribution in [0.25, 0.3) is 22.4 Å². The fraction of sp³-hybridized carbons (Fsp3) is 0.214. The Labute approximate surface area is 224 Å². The quantitative estimate of drug-likeness (QED) is 0.266. The maximum Gasteiger partial charge on any atom is 0.241 e. The lowest BCUT2D eigenvalue weighted by Gasteiger charge is -2.16. The van der Waals surface area contributed by atoms with Crippen LogP contribution in [0.5, 0.6) is 28.7 Å². The first-order valence-electron chi connectivity index (χ1n) is 11.7. The fourth-order valence-electron chi connectivity index (χ4n) is 4.04. The fourth-order valence-corrected chi connectivity index (χ4v) is 4.76. The minimum Gasteiger partial charge on any atom is -0.508 e. The molecule has 4 rings (SSSR count). The van der Waals surface area contributed by atoms with E-state index in [1.165, 1.54) is 18.6 Å². The number of nitrogens with one attached hydrogen (secondary N) is 1. The van der Waals surface area contributed by atoms with Crippen molar-refractivity contribution in [1.82, 2.24) is 4.37 Å². The summed E-state index contributed by atoms with van der Waals surface area (Å²) in [6.07, 6.45) is 0.313. The lowest BCUT2D eigenvalue weighted by atomic mass is 10.00. The molecule has 1 aromatic heterocycles. The van der Waals surface area contributed by atoms with Gasteiger partial charge in [0.05, 0.1) is 45.9 Å². The Morgan fingerprint density at radius 1 is 0.921 bits per heavy atom. The van der Waals surface area contributed by atoms with E-state index in [1.807, 2.05) is 29.6 Å². The summed E-state index contributed by atoms with van der Waals surface area (Å²) in [6.45, 7) is 0. The molecule has 0 bridgehead atoms. The van der Waals surface area contributed by atoms with Crippen LogP contribution in [-0.2, 0) is 11.2 Å². The van der Waals surface area contributed by atoms with Crippen LogP contribution in [0.15, 0.2) is 60.0 Å². The molecule has 4 N–H and O–H groups in total. The first-order valence-corrected chi connectivity index (χ1v) is 12.5. The van der Waals surface area contributed by atoms with Crippen LogP contribution in [0.4, 0.5) is 5.69 Å². The summed E-state index contributed by atoms with van der Waals surface area (Å²) in [5.41, 5.74) is 10.7. The van der Waals surface area contributed by atoms with E-state index in [4.69, 9.17) is 24.7 Å². The zero-order valence-corrected chi connectivity index (χ0v) is 22.3. The van der Waals surface area contributed by atoms with Crippen molar-refractivity contribution in [3.05, 3.63) is 65.5 Å². The summed E-state index contributed by atoms with van der Waals surface area (Å²) >= 11 is 1.31. The number of carbonyl (C=O) groups excluding carboxylic acids is 1. The molecule has 0 unspecified atom stereocenters. The van der Waals surface area contributed by atoms with E-state index in [0.29, 0.717) is 35.1 Å². The van der Waals surface area contributed by atoms with Crippen LogP contribution < -0.4 is 30.0 Å². The third-order valence-electron chi connectivity index (χ3n) is 6.00. The highest BCUT2D eigenvalue weighted by Gasteiger charge is 2.20. The molecule has 4 aromatic rings. The van der Waals surface area contributed by atoms with Gasteiger partial charge in [0.25, 0.3) is 0 Å². The Bertz CT molecular complexity index is 1400. The third-order valence-corrected chi connectivity index (χ3v) is 6.63. The number of aromatic hydroxyl groups is 1. The Morgan fingerprint density at radius 2 is 1.58 bits per heavy atom. The highest BCUT2D eigenvalue weighted by Crippen LogP contribution is 2.44. The second-order valence-electron chi connectivity index (χ2n) is 8.37. The van der Waals surface area contributed by atoms with Gasteiger partial charge in [-0.1, -0.05) is 18.2 Å². The summed E-state index contributed by atoms with van der Waals surface area (Å²) in [5.74, 6) is 1.83. The lowest BCUT2D eigenvalue weighted by molar-refractivity contribution is -0.117. The number of rotatable bonds is 10. The number of anilines is 1. The average molecular weight is 536 g/mol. The smallest absolute Gasteiger partial charge is 0.241 e. The predicted octanol–water partition coefficient (Wildman–Crippen LogP) is 4.73. The van der Waals surface area contributed by atoms with Crippen molar-refractivity contribution in [2.45, 2.75) is 12.5 Å². The van der Waals surface area contributed by atoms with E-state index >= 15 is 0 Å². The Kier molecular flexibility index (Phi) is 8.35. The first kappa shape index (κ1) is 26.8. The molecule has 3 aromatic carbocycles. The zero-order chi connectivity index (χ0) is 27.2. The van der Waals surface area contributed by atoms with Gasteiger partial charge in [-0.2, -0.15) is 4.37 Å². The number of hydrogen-bond donors (Lipinski definition) is 3. The van der Waals surface area contributed by atoms with Gasteiger partial charge in [0, 0.05) is 16.5 Å². The maximum atomic E-state index is 12.9. The number of carbonyl (C=O) groups is 1. The summed E-state index contributed by atoms with van der Waals surface area (Å²) in [7, 11) is 6.22. The van der Waals surface area contributed by atoms with Crippen molar-refractivity contribution in [1.29, 1.82) is 0 Å². The van der Waals surface area contributed by atoms with E-state index in [1.54, 1.807) is 51.7 Å². The van der Waals surface area contributed by atoms with Crippen LogP contribution in [0, 0.1) is 0 Å². The highest BCUT2D eigenvalue weighted by molar-refractivity contribution is 7.04. The molecule has 0 radical (unpaired) electrons. The molecule has 0 aliphatic rings. The number of amides is 1. The minimum atomic E-state index is -0.800. The summed E-state index contributed by atoms with van der Waals surface area (Å²) in [6, 6.07) is 15.0. The number of benzene rings is 3. The van der Waals surface area contributed by atoms with Gasteiger partial charge in [0.15, 0.2) is 11.5 Å². The standard InChI is InChI=1S/C28H29N3O6S/c1-34-23-10-7-17(12-22(23)30-28(33)21(29)11-16-5-8-19(32)9-6-16)20-15-38-31-26(20)18-13-24(35-2)27(37-4)25(14-18)36-3/h5-10,12-15,21,32H,11,29H2,1-4H3,(H,30,33)/t21-/m1/s1. The van der Waals surface area contributed by atoms with Gasteiger partial charge in [-0.25, -0.2) is 0 Å².